The van der Waals surface area contributed by atoms with E-state index in [9.17, 15) is 9.90 Å². The number of carbonyl (C=O) groups excluding carboxylic acids is 1. The van der Waals surface area contributed by atoms with Crippen LogP contribution in [0.1, 0.15) is 6.42 Å². The molecule has 0 spiro atoms. The van der Waals surface area contributed by atoms with E-state index >= 15 is 0 Å². The van der Waals surface area contributed by atoms with Crippen LogP contribution in [0.3, 0.4) is 0 Å². The third-order valence-corrected chi connectivity index (χ3v) is 4.19. The lowest BCUT2D eigenvalue weighted by Crippen LogP contribution is -2.53. The first-order chi connectivity index (χ1) is 7.61. The molecule has 0 saturated carbocycles. The lowest BCUT2D eigenvalue weighted by molar-refractivity contribution is 0.127. The topological polar surface area (TPSA) is 111 Å². The predicted octanol–water partition coefficient (Wildman–Crippen LogP) is -1.53. The van der Waals surface area contributed by atoms with E-state index in [1.165, 1.54) is 16.7 Å². The molecule has 0 aromatic rings. The lowest BCUT2D eigenvalue weighted by Gasteiger charge is -2.29. The zero-order valence-electron chi connectivity index (χ0n) is 8.54. The van der Waals surface area contributed by atoms with E-state index in [0.29, 0.717) is 6.42 Å². The van der Waals surface area contributed by atoms with Crippen LogP contribution in [0.5, 0.6) is 0 Å². The molecule has 2 amide bonds. The minimum atomic E-state index is -0.587. The van der Waals surface area contributed by atoms with Crippen molar-refractivity contribution in [2.45, 2.75) is 23.1 Å². The van der Waals surface area contributed by atoms with Crippen molar-refractivity contribution in [3.05, 3.63) is 0 Å². The van der Waals surface area contributed by atoms with Gasteiger partial charge in [0.15, 0.2) is 5.96 Å². The Hall–Kier alpha value is -0.990. The first-order valence-electron chi connectivity index (χ1n) is 4.93. The van der Waals surface area contributed by atoms with Crippen molar-refractivity contribution >= 4 is 23.8 Å². The number of hydrogen-bond acceptors (Lipinski definition) is 6. The van der Waals surface area contributed by atoms with Crippen LogP contribution in [0.2, 0.25) is 0 Å². The normalized spacial score (nSPS) is 34.9. The number of amides is 2. The van der Waals surface area contributed by atoms with E-state index in [0.717, 1.165) is 0 Å². The van der Waals surface area contributed by atoms with Gasteiger partial charge in [0.2, 0.25) is 0 Å². The number of nitrogens with one attached hydrogen (secondary N) is 1. The number of nitrogens with zero attached hydrogens (tertiary/aromatic N) is 2. The van der Waals surface area contributed by atoms with Crippen LogP contribution in [0.25, 0.3) is 0 Å². The molecule has 0 aromatic carbocycles. The number of aliphatic imine (C=N–C) groups is 1. The molecule has 16 heavy (non-hydrogen) atoms. The van der Waals surface area contributed by atoms with Crippen molar-refractivity contribution in [2.24, 2.45) is 10.7 Å². The highest BCUT2D eigenvalue weighted by Crippen LogP contribution is 2.36. The van der Waals surface area contributed by atoms with Gasteiger partial charge in [-0.05, 0) is 0 Å². The Morgan fingerprint density at radius 2 is 2.44 bits per heavy atom. The number of thioether (sulfide) groups is 1. The Kier molecular flexibility index (Phi) is 3.22. The van der Waals surface area contributed by atoms with Crippen molar-refractivity contribution in [2.75, 3.05) is 13.3 Å². The largest absolute Gasteiger partial charge is 0.395 e. The molecule has 1 saturated heterocycles. The number of nitrogens with two attached hydrogens (primary N) is 1. The molecule has 90 valence electrons. The fourth-order valence-electron chi connectivity index (χ4n) is 1.73. The number of aliphatic hydroxyl groups is 2. The summed E-state index contributed by atoms with van der Waals surface area (Å²) in [6.45, 7) is 0.101. The zero-order valence-corrected chi connectivity index (χ0v) is 9.35. The van der Waals surface area contributed by atoms with E-state index in [2.05, 4.69) is 10.3 Å². The van der Waals surface area contributed by atoms with Gasteiger partial charge in [-0.3, -0.25) is 10.2 Å². The summed E-state index contributed by atoms with van der Waals surface area (Å²) < 4.78 is 0. The minimum absolute atomic E-state index is 0.0940. The molecule has 3 atom stereocenters. The smallest absolute Gasteiger partial charge is 0.326 e. The molecule has 8 heteroatoms. The Bertz CT molecular complexity index is 324. The molecule has 0 aromatic heterocycles. The standard InChI is InChI=1S/C8H14N4O3S/c9-7-10-3-12(8(15)11-7)6-1-4(14)5(2-13)16-6/h4-6,13-14H,1-3H2,(H3,9,10,11,15)/t4-,5-,6-/m0/s1. The molecule has 2 aliphatic rings. The van der Waals surface area contributed by atoms with E-state index in [1.54, 1.807) is 0 Å². The molecule has 0 unspecified atom stereocenters. The second-order valence-electron chi connectivity index (χ2n) is 3.70. The summed E-state index contributed by atoms with van der Waals surface area (Å²) in [7, 11) is 0. The van der Waals surface area contributed by atoms with Crippen LogP contribution in [-0.2, 0) is 0 Å². The fourth-order valence-corrected chi connectivity index (χ4v) is 3.13. The summed E-state index contributed by atoms with van der Waals surface area (Å²) in [5.74, 6) is 0.114. The second-order valence-corrected chi connectivity index (χ2v) is 5.12. The molecule has 2 heterocycles. The highest BCUT2D eigenvalue weighted by Gasteiger charge is 2.39. The number of aliphatic hydroxyl groups excluding tert-OH is 2. The molecule has 2 rings (SSSR count). The molecule has 1 fully saturated rings. The number of hydrogen-bond donors (Lipinski definition) is 4. The van der Waals surface area contributed by atoms with Gasteiger partial charge in [0.05, 0.1) is 23.3 Å². The molecule has 5 N–H and O–H groups in total. The summed E-state index contributed by atoms with van der Waals surface area (Å²) in [5.41, 5.74) is 5.36. The highest BCUT2D eigenvalue weighted by atomic mass is 32.2. The predicted molar refractivity (Wildman–Crippen MR) is 59.7 cm³/mol. The molecule has 0 radical (unpaired) electrons. The average molecular weight is 246 g/mol. The molecule has 0 bridgehead atoms. The molecular formula is C8H14N4O3S. The quantitative estimate of drug-likeness (QED) is 0.472. The van der Waals surface area contributed by atoms with E-state index in [4.69, 9.17) is 10.8 Å². The summed E-state index contributed by atoms with van der Waals surface area (Å²) in [6.07, 6.45) is -0.144. The zero-order chi connectivity index (χ0) is 11.7. The Balaban J connectivity index is 2.02. The van der Waals surface area contributed by atoms with Gasteiger partial charge in [-0.1, -0.05) is 0 Å². The monoisotopic (exact) mass is 246 g/mol. The van der Waals surface area contributed by atoms with Crippen molar-refractivity contribution in [3.63, 3.8) is 0 Å². The van der Waals surface area contributed by atoms with E-state index in [1.807, 2.05) is 0 Å². The van der Waals surface area contributed by atoms with Crippen LogP contribution < -0.4 is 11.1 Å². The van der Waals surface area contributed by atoms with Crippen molar-refractivity contribution in [1.29, 1.82) is 0 Å². The summed E-state index contributed by atoms with van der Waals surface area (Å²) in [6, 6.07) is -0.309. The van der Waals surface area contributed by atoms with Crippen LogP contribution in [0.15, 0.2) is 4.99 Å². The van der Waals surface area contributed by atoms with Crippen LogP contribution in [0, 0.1) is 0 Å². The Labute approximate surface area is 96.7 Å². The van der Waals surface area contributed by atoms with Gasteiger partial charge in [-0.15, -0.1) is 11.8 Å². The first kappa shape index (κ1) is 11.5. The summed E-state index contributed by atoms with van der Waals surface area (Å²) >= 11 is 1.39. The van der Waals surface area contributed by atoms with Gasteiger partial charge < -0.3 is 15.9 Å². The Morgan fingerprint density at radius 3 is 3.00 bits per heavy atom. The first-order valence-corrected chi connectivity index (χ1v) is 5.88. The summed E-state index contributed by atoms with van der Waals surface area (Å²) in [4.78, 5) is 17.0. The van der Waals surface area contributed by atoms with Crippen molar-refractivity contribution in [3.8, 4) is 0 Å². The lowest BCUT2D eigenvalue weighted by atomic mass is 10.2. The summed E-state index contributed by atoms with van der Waals surface area (Å²) in [5, 5.41) is 20.7. The number of rotatable bonds is 2. The molecule has 7 nitrogen and oxygen atoms in total. The maximum Gasteiger partial charge on any atom is 0.326 e. The second kappa shape index (κ2) is 4.48. The number of carbonyl (C=O) groups is 1. The van der Waals surface area contributed by atoms with Gasteiger partial charge in [-0.25, -0.2) is 9.79 Å². The van der Waals surface area contributed by atoms with Gasteiger partial charge in [0.25, 0.3) is 0 Å². The third-order valence-electron chi connectivity index (χ3n) is 2.62. The third kappa shape index (κ3) is 2.08. The van der Waals surface area contributed by atoms with Gasteiger partial charge in [0.1, 0.15) is 6.67 Å². The van der Waals surface area contributed by atoms with Crippen molar-refractivity contribution in [1.82, 2.24) is 10.2 Å². The van der Waals surface area contributed by atoms with Crippen LogP contribution in [0.4, 0.5) is 4.79 Å². The Morgan fingerprint density at radius 1 is 1.69 bits per heavy atom. The van der Waals surface area contributed by atoms with Gasteiger partial charge in [0, 0.05) is 6.42 Å². The van der Waals surface area contributed by atoms with E-state index in [-0.39, 0.29) is 35.9 Å². The molecule has 0 aliphatic carbocycles. The minimum Gasteiger partial charge on any atom is -0.395 e. The van der Waals surface area contributed by atoms with Gasteiger partial charge >= 0.3 is 6.03 Å². The van der Waals surface area contributed by atoms with Crippen LogP contribution in [-0.4, -0.2) is 57.1 Å². The van der Waals surface area contributed by atoms with E-state index < -0.39 is 6.10 Å². The maximum absolute atomic E-state index is 11.6. The number of urea groups is 1. The van der Waals surface area contributed by atoms with Crippen molar-refractivity contribution < 1.29 is 15.0 Å². The highest BCUT2D eigenvalue weighted by molar-refractivity contribution is 8.00. The molecule has 2 aliphatic heterocycles. The fraction of sp³-hybridized carbons (Fsp3) is 0.750. The van der Waals surface area contributed by atoms with Crippen LogP contribution >= 0.6 is 11.8 Å². The van der Waals surface area contributed by atoms with Gasteiger partial charge in [-0.2, -0.15) is 0 Å². The molecular weight excluding hydrogens is 232 g/mol. The maximum atomic E-state index is 11.6. The SMILES string of the molecule is NC1=NCN([C@@H]2C[C@H](O)[C@H](CO)S2)C(=O)N1. The number of guanidine groups is 1. The average Bonchev–Trinajstić information content (AvgIpc) is 2.59.